The van der Waals surface area contributed by atoms with E-state index < -0.39 is 5.54 Å². The zero-order chi connectivity index (χ0) is 19.6. The van der Waals surface area contributed by atoms with Crippen LogP contribution in [0.4, 0.5) is 0 Å². The Morgan fingerprint density at radius 2 is 1.86 bits per heavy atom. The molecule has 0 atom stereocenters. The molecule has 2 aliphatic rings. The summed E-state index contributed by atoms with van der Waals surface area (Å²) >= 11 is 0. The standard InChI is InChI=1S/C23H23N3O2/c1-2-28-22-25-23(13-5-6-14-23)21(27)26(22)16-17-9-11-18(12-10-17)20-8-4-3-7-19(20)15-24/h3-4,7-12H,2,5-6,13-14,16H2,1H3. The van der Waals surface area contributed by atoms with Crippen LogP contribution in [0.15, 0.2) is 53.5 Å². The first-order valence-electron chi connectivity index (χ1n) is 9.80. The number of benzene rings is 2. The first kappa shape index (κ1) is 18.2. The molecule has 0 radical (unpaired) electrons. The van der Waals surface area contributed by atoms with Gasteiger partial charge >= 0.3 is 0 Å². The van der Waals surface area contributed by atoms with Gasteiger partial charge in [0.05, 0.1) is 24.8 Å². The second-order valence-corrected chi connectivity index (χ2v) is 7.31. The fraction of sp³-hybridized carbons (Fsp3) is 0.348. The number of amides is 1. The molecule has 1 fully saturated rings. The van der Waals surface area contributed by atoms with Crippen molar-refractivity contribution in [3.8, 4) is 17.2 Å². The van der Waals surface area contributed by atoms with Crippen molar-refractivity contribution in [2.45, 2.75) is 44.7 Å². The number of hydrogen-bond acceptors (Lipinski definition) is 4. The quantitative estimate of drug-likeness (QED) is 0.804. The minimum atomic E-state index is -0.601. The van der Waals surface area contributed by atoms with Crippen LogP contribution < -0.4 is 0 Å². The van der Waals surface area contributed by atoms with Gasteiger partial charge in [-0.25, -0.2) is 4.99 Å². The summed E-state index contributed by atoms with van der Waals surface area (Å²) in [6, 6.07) is 18.2. The maximum absolute atomic E-state index is 13.1. The van der Waals surface area contributed by atoms with Crippen LogP contribution in [0.25, 0.3) is 11.1 Å². The molecular formula is C23H23N3O2. The summed E-state index contributed by atoms with van der Waals surface area (Å²) in [6.07, 6.45) is 3.69. The molecule has 1 saturated carbocycles. The van der Waals surface area contributed by atoms with Crippen LogP contribution in [-0.2, 0) is 16.1 Å². The van der Waals surface area contributed by atoms with E-state index in [1.807, 2.05) is 55.5 Å². The van der Waals surface area contributed by atoms with Crippen molar-refractivity contribution < 1.29 is 9.53 Å². The van der Waals surface area contributed by atoms with E-state index in [0.717, 1.165) is 42.4 Å². The van der Waals surface area contributed by atoms with Crippen molar-refractivity contribution in [2.75, 3.05) is 6.61 Å². The lowest BCUT2D eigenvalue weighted by Gasteiger charge is -2.22. The van der Waals surface area contributed by atoms with Gasteiger partial charge in [0.1, 0.15) is 5.54 Å². The minimum absolute atomic E-state index is 0.0624. The topological polar surface area (TPSA) is 65.7 Å². The number of nitrogens with zero attached hydrogens (tertiary/aromatic N) is 3. The average molecular weight is 373 g/mol. The lowest BCUT2D eigenvalue weighted by atomic mass is 9.97. The highest BCUT2D eigenvalue weighted by atomic mass is 16.5. The number of rotatable bonds is 4. The van der Waals surface area contributed by atoms with Crippen molar-refractivity contribution in [1.29, 1.82) is 5.26 Å². The van der Waals surface area contributed by atoms with E-state index in [1.165, 1.54) is 0 Å². The van der Waals surface area contributed by atoms with Crippen LogP contribution in [-0.4, -0.2) is 29.0 Å². The normalized spacial score (nSPS) is 17.6. The van der Waals surface area contributed by atoms with E-state index in [1.54, 1.807) is 4.90 Å². The molecule has 0 saturated heterocycles. The number of aliphatic imine (C=N–C) groups is 1. The van der Waals surface area contributed by atoms with Gasteiger partial charge in [0.15, 0.2) is 0 Å². The van der Waals surface area contributed by atoms with Gasteiger partial charge in [-0.05, 0) is 42.5 Å². The minimum Gasteiger partial charge on any atom is -0.465 e. The van der Waals surface area contributed by atoms with Crippen LogP contribution in [0.2, 0.25) is 0 Å². The van der Waals surface area contributed by atoms with Gasteiger partial charge in [-0.3, -0.25) is 9.69 Å². The molecule has 5 nitrogen and oxygen atoms in total. The van der Waals surface area contributed by atoms with E-state index in [9.17, 15) is 10.1 Å². The van der Waals surface area contributed by atoms with E-state index in [4.69, 9.17) is 4.74 Å². The molecule has 0 unspecified atom stereocenters. The molecule has 1 heterocycles. The van der Waals surface area contributed by atoms with Crippen LogP contribution in [0, 0.1) is 11.3 Å². The van der Waals surface area contributed by atoms with Crippen molar-refractivity contribution in [1.82, 2.24) is 4.90 Å². The van der Waals surface area contributed by atoms with Crippen molar-refractivity contribution in [3.63, 3.8) is 0 Å². The van der Waals surface area contributed by atoms with Crippen LogP contribution >= 0.6 is 0 Å². The number of hydrogen-bond donors (Lipinski definition) is 0. The third-order valence-electron chi connectivity index (χ3n) is 5.54. The fourth-order valence-electron chi connectivity index (χ4n) is 4.10. The smallest absolute Gasteiger partial charge is 0.295 e. The molecule has 4 rings (SSSR count). The molecule has 0 N–H and O–H groups in total. The molecule has 28 heavy (non-hydrogen) atoms. The highest BCUT2D eigenvalue weighted by Gasteiger charge is 2.50. The maximum Gasteiger partial charge on any atom is 0.295 e. The van der Waals surface area contributed by atoms with E-state index in [-0.39, 0.29) is 5.91 Å². The molecule has 0 aromatic heterocycles. The van der Waals surface area contributed by atoms with Crippen molar-refractivity contribution >= 4 is 11.9 Å². The molecule has 1 aliphatic heterocycles. The lowest BCUT2D eigenvalue weighted by molar-refractivity contribution is -0.131. The van der Waals surface area contributed by atoms with Gasteiger partial charge in [-0.2, -0.15) is 5.26 Å². The largest absolute Gasteiger partial charge is 0.465 e. The van der Waals surface area contributed by atoms with Crippen LogP contribution in [0.3, 0.4) is 0 Å². The molecule has 2 aromatic carbocycles. The summed E-state index contributed by atoms with van der Waals surface area (Å²) < 4.78 is 5.69. The predicted molar refractivity (Wildman–Crippen MR) is 107 cm³/mol. The number of carbonyl (C=O) groups excluding carboxylic acids is 1. The Hall–Kier alpha value is -3.13. The SMILES string of the molecule is CCOC1=NC2(CCCC2)C(=O)N1Cc1ccc(-c2ccccc2C#N)cc1. The molecule has 5 heteroatoms. The Morgan fingerprint density at radius 3 is 2.54 bits per heavy atom. The van der Waals surface area contributed by atoms with E-state index in [2.05, 4.69) is 11.1 Å². The van der Waals surface area contributed by atoms with Gasteiger partial charge in [0, 0.05) is 0 Å². The Kier molecular flexibility index (Phi) is 4.87. The third kappa shape index (κ3) is 3.16. The number of amidine groups is 1. The van der Waals surface area contributed by atoms with Crippen LogP contribution in [0.1, 0.15) is 43.7 Å². The Bertz CT molecular complexity index is 951. The zero-order valence-corrected chi connectivity index (χ0v) is 16.0. The van der Waals surface area contributed by atoms with Gasteiger partial charge in [-0.1, -0.05) is 55.3 Å². The Labute approximate surface area is 165 Å². The van der Waals surface area contributed by atoms with Crippen molar-refractivity contribution in [3.05, 3.63) is 59.7 Å². The summed E-state index contributed by atoms with van der Waals surface area (Å²) in [5.74, 6) is 0.0624. The van der Waals surface area contributed by atoms with Gasteiger partial charge in [0.25, 0.3) is 11.9 Å². The molecule has 142 valence electrons. The summed E-state index contributed by atoms with van der Waals surface area (Å²) in [5.41, 5.74) is 2.96. The summed E-state index contributed by atoms with van der Waals surface area (Å²) in [6.45, 7) is 2.84. The molecule has 1 amide bonds. The highest BCUT2D eigenvalue weighted by molar-refractivity contribution is 6.05. The monoisotopic (exact) mass is 373 g/mol. The summed E-state index contributed by atoms with van der Waals surface area (Å²) in [7, 11) is 0. The zero-order valence-electron chi connectivity index (χ0n) is 16.0. The predicted octanol–water partition coefficient (Wildman–Crippen LogP) is 4.27. The molecular weight excluding hydrogens is 350 g/mol. The fourth-order valence-corrected chi connectivity index (χ4v) is 4.10. The van der Waals surface area contributed by atoms with Crippen LogP contribution in [0.5, 0.6) is 0 Å². The number of carbonyl (C=O) groups is 1. The van der Waals surface area contributed by atoms with Gasteiger partial charge < -0.3 is 4.74 Å². The average Bonchev–Trinajstić information content (AvgIpc) is 3.30. The first-order valence-corrected chi connectivity index (χ1v) is 9.80. The van der Waals surface area contributed by atoms with E-state index >= 15 is 0 Å². The van der Waals surface area contributed by atoms with Gasteiger partial charge in [-0.15, -0.1) is 0 Å². The second-order valence-electron chi connectivity index (χ2n) is 7.31. The first-order chi connectivity index (χ1) is 13.7. The summed E-state index contributed by atoms with van der Waals surface area (Å²) in [5, 5.41) is 9.31. The second kappa shape index (κ2) is 7.47. The molecule has 1 aliphatic carbocycles. The molecule has 1 spiro atoms. The third-order valence-corrected chi connectivity index (χ3v) is 5.54. The Balaban J connectivity index is 1.56. The Morgan fingerprint density at radius 1 is 1.14 bits per heavy atom. The summed E-state index contributed by atoms with van der Waals surface area (Å²) in [4.78, 5) is 19.5. The lowest BCUT2D eigenvalue weighted by Crippen LogP contribution is -2.41. The molecule has 0 bridgehead atoms. The van der Waals surface area contributed by atoms with Crippen molar-refractivity contribution in [2.24, 2.45) is 4.99 Å². The van der Waals surface area contributed by atoms with E-state index in [0.29, 0.717) is 24.7 Å². The highest BCUT2D eigenvalue weighted by Crippen LogP contribution is 2.39. The number of ether oxygens (including phenoxy) is 1. The maximum atomic E-state index is 13.1. The van der Waals surface area contributed by atoms with Gasteiger partial charge in [0.2, 0.25) is 0 Å². The molecule has 2 aromatic rings. The number of nitriles is 1.